The molecule has 2 aromatic rings. The molecule has 3 rings (SSSR count). The Balaban J connectivity index is 1.71. The minimum absolute atomic E-state index is 0.105. The van der Waals surface area contributed by atoms with E-state index in [0.717, 1.165) is 5.56 Å². The summed E-state index contributed by atoms with van der Waals surface area (Å²) in [5, 5.41) is 2.52. The SMILES string of the molecule is C=CCN1C(=O)COc2ccc(C(=O)CS(=O)(=O)CC(=O)Nc3cccc(C)c3)cc21. The summed E-state index contributed by atoms with van der Waals surface area (Å²) in [5.74, 6) is -2.93. The third-order valence-electron chi connectivity index (χ3n) is 4.54. The Kier molecular flexibility index (Phi) is 6.55. The Hall–Kier alpha value is -3.46. The number of nitrogens with zero attached hydrogens (tertiary/aromatic N) is 1. The molecule has 0 atom stereocenters. The van der Waals surface area contributed by atoms with Crippen LogP contribution in [0, 0.1) is 6.92 Å². The van der Waals surface area contributed by atoms with Crippen molar-refractivity contribution in [3.05, 3.63) is 66.2 Å². The predicted molar refractivity (Wildman–Crippen MR) is 117 cm³/mol. The topological polar surface area (TPSA) is 110 Å². The third-order valence-corrected chi connectivity index (χ3v) is 5.94. The maximum absolute atomic E-state index is 12.6. The van der Waals surface area contributed by atoms with Crippen molar-refractivity contribution in [3.8, 4) is 5.75 Å². The highest BCUT2D eigenvalue weighted by Gasteiger charge is 2.27. The van der Waals surface area contributed by atoms with Crippen LogP contribution in [0.4, 0.5) is 11.4 Å². The van der Waals surface area contributed by atoms with Crippen LogP contribution in [0.25, 0.3) is 0 Å². The van der Waals surface area contributed by atoms with E-state index in [9.17, 15) is 22.8 Å². The lowest BCUT2D eigenvalue weighted by molar-refractivity contribution is -0.121. The number of hydrogen-bond acceptors (Lipinski definition) is 6. The van der Waals surface area contributed by atoms with Crippen molar-refractivity contribution >= 4 is 38.8 Å². The number of hydrogen-bond donors (Lipinski definition) is 1. The lowest BCUT2D eigenvalue weighted by Crippen LogP contribution is -2.39. The number of carbonyl (C=O) groups excluding carboxylic acids is 3. The van der Waals surface area contributed by atoms with Gasteiger partial charge in [0.25, 0.3) is 5.91 Å². The van der Waals surface area contributed by atoms with Crippen LogP contribution in [0.5, 0.6) is 5.75 Å². The van der Waals surface area contributed by atoms with Gasteiger partial charge in [0.15, 0.2) is 22.2 Å². The number of ketones is 1. The first-order valence-electron chi connectivity index (χ1n) is 9.47. The molecule has 0 saturated heterocycles. The quantitative estimate of drug-likeness (QED) is 0.496. The number of amides is 2. The van der Waals surface area contributed by atoms with Crippen molar-refractivity contribution in [1.29, 1.82) is 0 Å². The van der Waals surface area contributed by atoms with Gasteiger partial charge in [0.1, 0.15) is 17.3 Å². The first kappa shape index (κ1) is 22.2. The number of carbonyl (C=O) groups is 3. The van der Waals surface area contributed by atoms with E-state index in [4.69, 9.17) is 4.74 Å². The van der Waals surface area contributed by atoms with Crippen LogP contribution in [-0.4, -0.2) is 50.7 Å². The van der Waals surface area contributed by atoms with E-state index >= 15 is 0 Å². The molecule has 0 unspecified atom stereocenters. The summed E-state index contributed by atoms with van der Waals surface area (Å²) in [6.45, 7) is 5.56. The van der Waals surface area contributed by atoms with Gasteiger partial charge in [-0.05, 0) is 42.8 Å². The van der Waals surface area contributed by atoms with E-state index < -0.39 is 33.0 Å². The highest BCUT2D eigenvalue weighted by molar-refractivity contribution is 7.92. The van der Waals surface area contributed by atoms with Crippen LogP contribution in [0.2, 0.25) is 0 Å². The molecule has 2 amide bonds. The Morgan fingerprint density at radius 3 is 2.68 bits per heavy atom. The molecular weight excluding hydrogens is 420 g/mol. The van der Waals surface area contributed by atoms with Crippen molar-refractivity contribution < 1.29 is 27.5 Å². The maximum Gasteiger partial charge on any atom is 0.265 e. The number of ether oxygens (including phenoxy) is 1. The number of aryl methyl sites for hydroxylation is 1. The number of Topliss-reactive ketones (excluding diaryl/α,β-unsaturated/α-hetero) is 1. The summed E-state index contributed by atoms with van der Waals surface area (Å²) in [5.41, 5.74) is 1.87. The Bertz CT molecular complexity index is 1160. The smallest absolute Gasteiger partial charge is 0.265 e. The lowest BCUT2D eigenvalue weighted by atomic mass is 10.1. The summed E-state index contributed by atoms with van der Waals surface area (Å²) >= 11 is 0. The van der Waals surface area contributed by atoms with Crippen LogP contribution in [0.3, 0.4) is 0 Å². The van der Waals surface area contributed by atoms with E-state index in [0.29, 0.717) is 17.1 Å². The van der Waals surface area contributed by atoms with E-state index in [2.05, 4.69) is 11.9 Å². The van der Waals surface area contributed by atoms with Crippen molar-refractivity contribution in [1.82, 2.24) is 0 Å². The Labute approximate surface area is 180 Å². The molecule has 2 aromatic carbocycles. The van der Waals surface area contributed by atoms with Gasteiger partial charge in [0.05, 0.1) is 5.69 Å². The van der Waals surface area contributed by atoms with Gasteiger partial charge in [-0.2, -0.15) is 0 Å². The van der Waals surface area contributed by atoms with Gasteiger partial charge in [0.2, 0.25) is 5.91 Å². The van der Waals surface area contributed by atoms with E-state index in [1.165, 1.54) is 23.1 Å². The number of nitrogens with one attached hydrogen (secondary N) is 1. The fourth-order valence-electron chi connectivity index (χ4n) is 3.16. The average molecular weight is 442 g/mol. The minimum atomic E-state index is -4.00. The molecule has 1 N–H and O–H groups in total. The second-order valence-corrected chi connectivity index (χ2v) is 9.20. The van der Waals surface area contributed by atoms with Crippen molar-refractivity contribution in [2.24, 2.45) is 0 Å². The molecule has 162 valence electrons. The van der Waals surface area contributed by atoms with Gasteiger partial charge in [-0.3, -0.25) is 14.4 Å². The van der Waals surface area contributed by atoms with Crippen LogP contribution in [0.15, 0.2) is 55.1 Å². The Morgan fingerprint density at radius 2 is 1.97 bits per heavy atom. The Morgan fingerprint density at radius 1 is 1.19 bits per heavy atom. The van der Waals surface area contributed by atoms with Crippen molar-refractivity contribution in [2.45, 2.75) is 6.92 Å². The van der Waals surface area contributed by atoms with Gasteiger partial charge < -0.3 is 15.0 Å². The zero-order chi connectivity index (χ0) is 22.6. The van der Waals surface area contributed by atoms with Gasteiger partial charge in [-0.25, -0.2) is 8.42 Å². The van der Waals surface area contributed by atoms with Crippen LogP contribution in [0.1, 0.15) is 15.9 Å². The molecule has 0 radical (unpaired) electrons. The zero-order valence-electron chi connectivity index (χ0n) is 17.0. The first-order chi connectivity index (χ1) is 14.7. The molecule has 31 heavy (non-hydrogen) atoms. The molecule has 0 aliphatic carbocycles. The van der Waals surface area contributed by atoms with Crippen LogP contribution in [-0.2, 0) is 19.4 Å². The second-order valence-electron chi connectivity index (χ2n) is 7.14. The normalized spacial score (nSPS) is 13.2. The van der Waals surface area contributed by atoms with Crippen LogP contribution < -0.4 is 15.0 Å². The summed E-state index contributed by atoms with van der Waals surface area (Å²) in [6.07, 6.45) is 1.54. The third kappa shape index (κ3) is 5.58. The number of anilines is 2. The van der Waals surface area contributed by atoms with Gasteiger partial charge in [-0.1, -0.05) is 18.2 Å². The minimum Gasteiger partial charge on any atom is -0.482 e. The summed E-state index contributed by atoms with van der Waals surface area (Å²) < 4.78 is 30.2. The fraction of sp³-hybridized carbons (Fsp3) is 0.227. The highest BCUT2D eigenvalue weighted by Crippen LogP contribution is 2.33. The monoisotopic (exact) mass is 442 g/mol. The zero-order valence-corrected chi connectivity index (χ0v) is 17.8. The predicted octanol–water partition coefficient (Wildman–Crippen LogP) is 2.14. The fourth-order valence-corrected chi connectivity index (χ4v) is 4.30. The molecule has 0 aromatic heterocycles. The number of benzene rings is 2. The molecule has 9 heteroatoms. The number of sulfone groups is 1. The summed E-state index contributed by atoms with van der Waals surface area (Å²) in [4.78, 5) is 38.2. The first-order valence-corrected chi connectivity index (χ1v) is 11.3. The average Bonchev–Trinajstić information content (AvgIpc) is 2.69. The maximum atomic E-state index is 12.6. The van der Waals surface area contributed by atoms with E-state index in [1.807, 2.05) is 13.0 Å². The van der Waals surface area contributed by atoms with E-state index in [-0.39, 0.29) is 24.6 Å². The standard InChI is InChI=1S/C22H22N2O6S/c1-3-9-24-18-11-16(7-8-20(18)30-12-22(24)27)19(25)13-31(28,29)14-21(26)23-17-6-4-5-15(2)10-17/h3-8,10-11H,1,9,12-14H2,2H3,(H,23,26). The van der Waals surface area contributed by atoms with Gasteiger partial charge >= 0.3 is 0 Å². The van der Waals surface area contributed by atoms with Gasteiger partial charge in [-0.15, -0.1) is 6.58 Å². The second kappa shape index (κ2) is 9.13. The molecule has 1 aliphatic rings. The van der Waals surface area contributed by atoms with Crippen molar-refractivity contribution in [3.63, 3.8) is 0 Å². The molecule has 0 saturated carbocycles. The molecule has 0 bridgehead atoms. The number of rotatable bonds is 8. The molecule has 0 spiro atoms. The summed E-state index contributed by atoms with van der Waals surface area (Å²) in [6, 6.07) is 11.3. The molecule has 1 aliphatic heterocycles. The lowest BCUT2D eigenvalue weighted by Gasteiger charge is -2.28. The largest absolute Gasteiger partial charge is 0.482 e. The summed E-state index contributed by atoms with van der Waals surface area (Å²) in [7, 11) is -4.00. The molecule has 0 fully saturated rings. The van der Waals surface area contributed by atoms with E-state index in [1.54, 1.807) is 24.3 Å². The molecular formula is C22H22N2O6S. The highest BCUT2D eigenvalue weighted by atomic mass is 32.2. The van der Waals surface area contributed by atoms with Crippen LogP contribution >= 0.6 is 0 Å². The van der Waals surface area contributed by atoms with Gasteiger partial charge in [0, 0.05) is 17.8 Å². The molecule has 8 nitrogen and oxygen atoms in total. The molecule has 1 heterocycles. The number of fused-ring (bicyclic) bond motifs is 1. The van der Waals surface area contributed by atoms with Crippen molar-refractivity contribution in [2.75, 3.05) is 34.9 Å².